The third kappa shape index (κ3) is 4.88. The van der Waals surface area contributed by atoms with Crippen LogP contribution in [0.4, 0.5) is 0 Å². The van der Waals surface area contributed by atoms with Crippen LogP contribution in [0.25, 0.3) is 0 Å². The molecule has 0 amide bonds. The predicted molar refractivity (Wildman–Crippen MR) is 66.7 cm³/mol. The van der Waals surface area contributed by atoms with Crippen molar-refractivity contribution >= 4 is 5.97 Å². The maximum Gasteiger partial charge on any atom is 0.333 e. The SMILES string of the molecule is COC(=O)C(C)=CCNCC1(O)CCCCC1. The van der Waals surface area contributed by atoms with Crippen LogP contribution in [0.3, 0.4) is 0 Å². The van der Waals surface area contributed by atoms with Crippen molar-refractivity contribution in [2.24, 2.45) is 0 Å². The predicted octanol–water partition coefficient (Wildman–Crippen LogP) is 1.39. The lowest BCUT2D eigenvalue weighted by Crippen LogP contribution is -2.42. The van der Waals surface area contributed by atoms with E-state index < -0.39 is 5.60 Å². The fourth-order valence-electron chi connectivity index (χ4n) is 2.16. The zero-order valence-corrected chi connectivity index (χ0v) is 10.8. The largest absolute Gasteiger partial charge is 0.466 e. The van der Waals surface area contributed by atoms with Crippen LogP contribution in [0.1, 0.15) is 39.0 Å². The number of hydrogen-bond acceptors (Lipinski definition) is 4. The minimum atomic E-state index is -0.550. The van der Waals surface area contributed by atoms with Crippen molar-refractivity contribution in [3.05, 3.63) is 11.6 Å². The van der Waals surface area contributed by atoms with Gasteiger partial charge in [0.25, 0.3) is 0 Å². The molecule has 4 heteroatoms. The molecule has 0 radical (unpaired) electrons. The Morgan fingerprint density at radius 2 is 2.06 bits per heavy atom. The fraction of sp³-hybridized carbons (Fsp3) is 0.769. The molecule has 17 heavy (non-hydrogen) atoms. The van der Waals surface area contributed by atoms with Crippen LogP contribution in [0.2, 0.25) is 0 Å². The summed E-state index contributed by atoms with van der Waals surface area (Å²) < 4.78 is 4.59. The van der Waals surface area contributed by atoms with Crippen LogP contribution in [0, 0.1) is 0 Å². The van der Waals surface area contributed by atoms with Crippen molar-refractivity contribution in [2.45, 2.75) is 44.6 Å². The Labute approximate surface area is 103 Å². The highest BCUT2D eigenvalue weighted by atomic mass is 16.5. The Morgan fingerprint density at radius 1 is 1.41 bits per heavy atom. The van der Waals surface area contributed by atoms with Crippen molar-refractivity contribution in [3.63, 3.8) is 0 Å². The normalized spacial score (nSPS) is 20.1. The molecule has 1 rings (SSSR count). The van der Waals surface area contributed by atoms with E-state index >= 15 is 0 Å². The van der Waals surface area contributed by atoms with Gasteiger partial charge in [-0.15, -0.1) is 0 Å². The number of methoxy groups -OCH3 is 1. The fourth-order valence-corrected chi connectivity index (χ4v) is 2.16. The lowest BCUT2D eigenvalue weighted by atomic mass is 9.85. The van der Waals surface area contributed by atoms with Crippen molar-refractivity contribution in [2.75, 3.05) is 20.2 Å². The summed E-state index contributed by atoms with van der Waals surface area (Å²) in [6.45, 7) is 2.91. The minimum absolute atomic E-state index is 0.303. The van der Waals surface area contributed by atoms with Gasteiger partial charge in [-0.3, -0.25) is 0 Å². The number of carbonyl (C=O) groups excluding carboxylic acids is 1. The van der Waals surface area contributed by atoms with E-state index in [1.165, 1.54) is 13.5 Å². The van der Waals surface area contributed by atoms with E-state index in [4.69, 9.17) is 0 Å². The van der Waals surface area contributed by atoms with Crippen molar-refractivity contribution in [1.29, 1.82) is 0 Å². The third-order valence-corrected chi connectivity index (χ3v) is 3.30. The summed E-state index contributed by atoms with van der Waals surface area (Å²) in [6, 6.07) is 0. The van der Waals surface area contributed by atoms with Gasteiger partial charge in [0, 0.05) is 18.7 Å². The van der Waals surface area contributed by atoms with Gasteiger partial charge in [0.05, 0.1) is 12.7 Å². The van der Waals surface area contributed by atoms with Crippen molar-refractivity contribution in [3.8, 4) is 0 Å². The van der Waals surface area contributed by atoms with Crippen LogP contribution in [0.5, 0.6) is 0 Å². The molecule has 1 aliphatic rings. The molecule has 0 unspecified atom stereocenters. The first-order valence-electron chi connectivity index (χ1n) is 6.25. The molecule has 0 aliphatic heterocycles. The molecule has 1 aliphatic carbocycles. The van der Waals surface area contributed by atoms with Gasteiger partial charge in [-0.1, -0.05) is 25.3 Å². The second-order valence-corrected chi connectivity index (χ2v) is 4.79. The molecule has 0 aromatic rings. The Bertz CT molecular complexity index is 280. The van der Waals surface area contributed by atoms with Crippen LogP contribution in [-0.4, -0.2) is 36.9 Å². The highest BCUT2D eigenvalue weighted by Crippen LogP contribution is 2.27. The van der Waals surface area contributed by atoms with Gasteiger partial charge < -0.3 is 15.2 Å². The van der Waals surface area contributed by atoms with E-state index in [-0.39, 0.29) is 5.97 Å². The molecule has 0 aromatic heterocycles. The first-order chi connectivity index (χ1) is 8.07. The van der Waals surface area contributed by atoms with Crippen molar-refractivity contribution < 1.29 is 14.6 Å². The topological polar surface area (TPSA) is 58.6 Å². The molecule has 0 bridgehead atoms. The molecule has 4 nitrogen and oxygen atoms in total. The number of nitrogens with one attached hydrogen (secondary N) is 1. The second-order valence-electron chi connectivity index (χ2n) is 4.79. The summed E-state index contributed by atoms with van der Waals surface area (Å²) in [4.78, 5) is 11.1. The Kier molecular flexibility index (Phi) is 5.65. The Balaban J connectivity index is 2.25. The van der Waals surface area contributed by atoms with E-state index in [2.05, 4.69) is 10.1 Å². The van der Waals surface area contributed by atoms with E-state index in [9.17, 15) is 9.90 Å². The summed E-state index contributed by atoms with van der Waals surface area (Å²) in [5.41, 5.74) is 0.0428. The van der Waals surface area contributed by atoms with Gasteiger partial charge in [-0.25, -0.2) is 4.79 Å². The van der Waals surface area contributed by atoms with Gasteiger partial charge in [0.15, 0.2) is 0 Å². The van der Waals surface area contributed by atoms with Gasteiger partial charge >= 0.3 is 5.97 Å². The first kappa shape index (κ1) is 14.2. The molecule has 2 N–H and O–H groups in total. The first-order valence-corrected chi connectivity index (χ1v) is 6.25. The van der Waals surface area contributed by atoms with E-state index in [1.54, 1.807) is 13.0 Å². The molecule has 0 atom stereocenters. The van der Waals surface area contributed by atoms with Gasteiger partial charge in [-0.05, 0) is 19.8 Å². The van der Waals surface area contributed by atoms with Gasteiger partial charge in [0.1, 0.15) is 0 Å². The summed E-state index contributed by atoms with van der Waals surface area (Å²) in [7, 11) is 1.37. The third-order valence-electron chi connectivity index (χ3n) is 3.30. The average molecular weight is 241 g/mol. The maximum atomic E-state index is 11.1. The molecule has 1 saturated carbocycles. The standard InChI is InChI=1S/C13H23NO3/c1-11(12(15)17-2)6-9-14-10-13(16)7-4-3-5-8-13/h6,14,16H,3-5,7-10H2,1-2H3. The summed E-state index contributed by atoms with van der Waals surface area (Å²) in [5, 5.41) is 13.4. The number of carbonyl (C=O) groups is 1. The van der Waals surface area contributed by atoms with Crippen LogP contribution in [0.15, 0.2) is 11.6 Å². The molecule has 0 aromatic carbocycles. The Morgan fingerprint density at radius 3 is 2.65 bits per heavy atom. The molecule has 1 fully saturated rings. The van der Waals surface area contributed by atoms with Crippen LogP contribution < -0.4 is 5.32 Å². The Hall–Kier alpha value is -0.870. The molecular formula is C13H23NO3. The summed E-state index contributed by atoms with van der Waals surface area (Å²) >= 11 is 0. The molecular weight excluding hydrogens is 218 g/mol. The minimum Gasteiger partial charge on any atom is -0.466 e. The number of hydrogen-bond donors (Lipinski definition) is 2. The maximum absolute atomic E-state index is 11.1. The van der Waals surface area contributed by atoms with E-state index in [0.29, 0.717) is 18.7 Å². The average Bonchev–Trinajstić information content (AvgIpc) is 2.34. The van der Waals surface area contributed by atoms with Crippen LogP contribution in [-0.2, 0) is 9.53 Å². The zero-order valence-electron chi connectivity index (χ0n) is 10.8. The molecule has 0 spiro atoms. The lowest BCUT2D eigenvalue weighted by Gasteiger charge is -2.32. The second kappa shape index (κ2) is 6.77. The van der Waals surface area contributed by atoms with E-state index in [1.807, 2.05) is 0 Å². The van der Waals surface area contributed by atoms with E-state index in [0.717, 1.165) is 25.7 Å². The number of aliphatic hydroxyl groups is 1. The van der Waals surface area contributed by atoms with Gasteiger partial charge in [0.2, 0.25) is 0 Å². The number of rotatable bonds is 5. The zero-order chi connectivity index (χ0) is 12.7. The van der Waals surface area contributed by atoms with Crippen LogP contribution >= 0.6 is 0 Å². The number of ether oxygens (including phenoxy) is 1. The molecule has 0 saturated heterocycles. The smallest absolute Gasteiger partial charge is 0.333 e. The molecule has 98 valence electrons. The quantitative estimate of drug-likeness (QED) is 0.434. The summed E-state index contributed by atoms with van der Waals surface area (Å²) in [5.74, 6) is -0.303. The summed E-state index contributed by atoms with van der Waals surface area (Å²) in [6.07, 6.45) is 6.98. The highest BCUT2D eigenvalue weighted by Gasteiger charge is 2.28. The monoisotopic (exact) mass is 241 g/mol. The van der Waals surface area contributed by atoms with Crippen molar-refractivity contribution in [1.82, 2.24) is 5.32 Å². The highest BCUT2D eigenvalue weighted by molar-refractivity contribution is 5.87. The number of esters is 1. The van der Waals surface area contributed by atoms with Gasteiger partial charge in [-0.2, -0.15) is 0 Å². The lowest BCUT2D eigenvalue weighted by molar-refractivity contribution is -0.136. The molecule has 0 heterocycles.